The van der Waals surface area contributed by atoms with E-state index in [4.69, 9.17) is 0 Å². The lowest BCUT2D eigenvalue weighted by molar-refractivity contribution is 0.0960. The molecule has 0 aliphatic carbocycles. The van der Waals surface area contributed by atoms with Crippen LogP contribution in [0.25, 0.3) is 0 Å². The molecule has 2 rings (SSSR count). The highest BCUT2D eigenvalue weighted by atomic mass is 79.9. The summed E-state index contributed by atoms with van der Waals surface area (Å²) in [5.41, 5.74) is 0.794. The molecule has 4 heteroatoms. The number of rotatable bonds is 4. The molecular weight excluding hydrogens is 280 g/mol. The summed E-state index contributed by atoms with van der Waals surface area (Å²) < 4.78 is 0.894. The normalized spacial score (nSPS) is 17.0. The number of nitrogens with one attached hydrogen (secondary N) is 1. The first-order chi connectivity index (χ1) is 8.27. The molecular formula is C13H17BrN2O. The molecule has 3 nitrogen and oxygen atoms in total. The van der Waals surface area contributed by atoms with Crippen molar-refractivity contribution in [2.45, 2.75) is 6.42 Å². The quantitative estimate of drug-likeness (QED) is 0.862. The van der Waals surface area contributed by atoms with E-state index in [9.17, 15) is 4.79 Å². The molecule has 0 bridgehead atoms. The molecule has 1 aromatic carbocycles. The minimum absolute atomic E-state index is 0.219. The first-order valence-corrected chi connectivity index (χ1v) is 6.77. The van der Waals surface area contributed by atoms with E-state index < -0.39 is 0 Å². The lowest BCUT2D eigenvalue weighted by atomic mass is 10.1. The second-order valence-corrected chi connectivity index (χ2v) is 5.10. The van der Waals surface area contributed by atoms with Crippen LogP contribution in [-0.4, -0.2) is 43.4 Å². The Labute approximate surface area is 110 Å². The van der Waals surface area contributed by atoms with Gasteiger partial charge >= 0.3 is 0 Å². The summed E-state index contributed by atoms with van der Waals surface area (Å²) >= 11 is 3.42. The highest BCUT2D eigenvalue weighted by Crippen LogP contribution is 2.17. The van der Waals surface area contributed by atoms with Gasteiger partial charge in [-0.05, 0) is 6.07 Å². The van der Waals surface area contributed by atoms with Crippen molar-refractivity contribution in [3.05, 3.63) is 34.3 Å². The minimum atomic E-state index is 0.219. The Morgan fingerprint density at radius 3 is 2.71 bits per heavy atom. The molecule has 1 aliphatic heterocycles. The van der Waals surface area contributed by atoms with E-state index in [0.717, 1.165) is 42.8 Å². The number of nitrogens with zero attached hydrogens (tertiary/aromatic N) is 1. The maximum absolute atomic E-state index is 12.0. The Kier molecular flexibility index (Phi) is 4.71. The lowest BCUT2D eigenvalue weighted by Gasteiger charge is -2.26. The molecule has 1 heterocycles. The van der Waals surface area contributed by atoms with Gasteiger partial charge < -0.3 is 10.2 Å². The number of hydrogen-bond acceptors (Lipinski definition) is 3. The number of carbonyl (C=O) groups is 1. The fourth-order valence-electron chi connectivity index (χ4n) is 2.02. The van der Waals surface area contributed by atoms with Crippen molar-refractivity contribution in [2.24, 2.45) is 0 Å². The molecule has 0 spiro atoms. The Morgan fingerprint density at radius 1 is 1.29 bits per heavy atom. The molecule has 17 heavy (non-hydrogen) atoms. The summed E-state index contributed by atoms with van der Waals surface area (Å²) in [6, 6.07) is 7.63. The second-order valence-electron chi connectivity index (χ2n) is 4.24. The van der Waals surface area contributed by atoms with Crippen LogP contribution in [0.2, 0.25) is 0 Å². The number of halogens is 1. The van der Waals surface area contributed by atoms with Crippen LogP contribution in [0.3, 0.4) is 0 Å². The number of ketones is 1. The molecule has 1 N–H and O–H groups in total. The molecule has 0 amide bonds. The summed E-state index contributed by atoms with van der Waals surface area (Å²) in [5.74, 6) is 0.219. The van der Waals surface area contributed by atoms with E-state index in [1.807, 2.05) is 24.3 Å². The first kappa shape index (κ1) is 12.7. The maximum atomic E-state index is 12.0. The molecule has 1 aliphatic rings. The van der Waals surface area contributed by atoms with Gasteiger partial charge in [-0.2, -0.15) is 0 Å². The van der Waals surface area contributed by atoms with Crippen molar-refractivity contribution >= 4 is 21.7 Å². The molecule has 1 saturated heterocycles. The van der Waals surface area contributed by atoms with Gasteiger partial charge in [-0.1, -0.05) is 34.1 Å². The summed E-state index contributed by atoms with van der Waals surface area (Å²) in [6.45, 7) is 5.01. The van der Waals surface area contributed by atoms with Gasteiger partial charge in [0.25, 0.3) is 0 Å². The number of benzene rings is 1. The topological polar surface area (TPSA) is 32.3 Å². The van der Waals surface area contributed by atoms with Crippen molar-refractivity contribution < 1.29 is 4.79 Å². The van der Waals surface area contributed by atoms with E-state index in [-0.39, 0.29) is 5.78 Å². The maximum Gasteiger partial charge on any atom is 0.165 e. The van der Waals surface area contributed by atoms with Crippen molar-refractivity contribution in [3.63, 3.8) is 0 Å². The zero-order valence-electron chi connectivity index (χ0n) is 9.79. The van der Waals surface area contributed by atoms with E-state index in [2.05, 4.69) is 26.1 Å². The third kappa shape index (κ3) is 3.63. The molecule has 0 atom stereocenters. The van der Waals surface area contributed by atoms with Crippen molar-refractivity contribution in [3.8, 4) is 0 Å². The van der Waals surface area contributed by atoms with Gasteiger partial charge in [0, 0.05) is 49.2 Å². The average Bonchev–Trinajstić information content (AvgIpc) is 2.38. The average molecular weight is 297 g/mol. The number of piperazine rings is 1. The molecule has 0 aromatic heterocycles. The smallest absolute Gasteiger partial charge is 0.165 e. The second kappa shape index (κ2) is 6.28. The van der Waals surface area contributed by atoms with Gasteiger partial charge in [0.1, 0.15) is 0 Å². The molecule has 92 valence electrons. The molecule has 1 aromatic rings. The summed E-state index contributed by atoms with van der Waals surface area (Å²) in [4.78, 5) is 14.4. The lowest BCUT2D eigenvalue weighted by Crippen LogP contribution is -2.44. The third-order valence-corrected chi connectivity index (χ3v) is 3.73. The van der Waals surface area contributed by atoms with Gasteiger partial charge in [0.15, 0.2) is 5.78 Å². The van der Waals surface area contributed by atoms with E-state index in [1.165, 1.54) is 0 Å². The predicted molar refractivity (Wildman–Crippen MR) is 72.4 cm³/mol. The van der Waals surface area contributed by atoms with Crippen molar-refractivity contribution in [1.29, 1.82) is 0 Å². The number of Topliss-reactive ketones (excluding diaryl/α,β-unsaturated/α-hetero) is 1. The van der Waals surface area contributed by atoms with Crippen LogP contribution < -0.4 is 5.32 Å². The van der Waals surface area contributed by atoms with Crippen LogP contribution in [0.15, 0.2) is 28.7 Å². The van der Waals surface area contributed by atoms with Crippen molar-refractivity contribution in [1.82, 2.24) is 10.2 Å². The van der Waals surface area contributed by atoms with Crippen LogP contribution in [0, 0.1) is 0 Å². The van der Waals surface area contributed by atoms with Crippen LogP contribution >= 0.6 is 15.9 Å². The van der Waals surface area contributed by atoms with Crippen LogP contribution in [0.5, 0.6) is 0 Å². The molecule has 0 radical (unpaired) electrons. The summed E-state index contributed by atoms with van der Waals surface area (Å²) in [5, 5.41) is 3.31. The largest absolute Gasteiger partial charge is 0.314 e. The summed E-state index contributed by atoms with van der Waals surface area (Å²) in [6.07, 6.45) is 0.600. The van der Waals surface area contributed by atoms with Crippen molar-refractivity contribution in [2.75, 3.05) is 32.7 Å². The molecule has 0 saturated carbocycles. The SMILES string of the molecule is O=C(CCN1CCNCC1)c1ccccc1Br. The Bertz CT molecular complexity index is 389. The van der Waals surface area contributed by atoms with E-state index in [0.29, 0.717) is 6.42 Å². The van der Waals surface area contributed by atoms with E-state index in [1.54, 1.807) is 0 Å². The Morgan fingerprint density at radius 2 is 2.00 bits per heavy atom. The Balaban J connectivity index is 1.87. The van der Waals surface area contributed by atoms with E-state index >= 15 is 0 Å². The first-order valence-electron chi connectivity index (χ1n) is 5.98. The Hall–Kier alpha value is -0.710. The zero-order valence-corrected chi connectivity index (χ0v) is 11.4. The van der Waals surface area contributed by atoms with Gasteiger partial charge in [0.05, 0.1) is 0 Å². The fraction of sp³-hybridized carbons (Fsp3) is 0.462. The fourth-order valence-corrected chi connectivity index (χ4v) is 2.52. The highest BCUT2D eigenvalue weighted by Gasteiger charge is 2.13. The van der Waals surface area contributed by atoms with Crippen LogP contribution in [-0.2, 0) is 0 Å². The minimum Gasteiger partial charge on any atom is -0.314 e. The predicted octanol–water partition coefficient (Wildman–Crippen LogP) is 1.93. The van der Waals surface area contributed by atoms with Crippen LogP contribution in [0.1, 0.15) is 16.8 Å². The summed E-state index contributed by atoms with van der Waals surface area (Å²) in [7, 11) is 0. The monoisotopic (exact) mass is 296 g/mol. The highest BCUT2D eigenvalue weighted by molar-refractivity contribution is 9.10. The molecule has 1 fully saturated rings. The number of hydrogen-bond donors (Lipinski definition) is 1. The third-order valence-electron chi connectivity index (χ3n) is 3.04. The van der Waals surface area contributed by atoms with Crippen LogP contribution in [0.4, 0.5) is 0 Å². The molecule has 0 unspecified atom stereocenters. The zero-order chi connectivity index (χ0) is 12.1. The number of carbonyl (C=O) groups excluding carboxylic acids is 1. The van der Waals surface area contributed by atoms with Gasteiger partial charge in [-0.25, -0.2) is 0 Å². The van der Waals surface area contributed by atoms with Gasteiger partial charge in [0.2, 0.25) is 0 Å². The standard InChI is InChI=1S/C13H17BrN2O/c14-12-4-2-1-3-11(12)13(17)5-8-16-9-6-15-7-10-16/h1-4,15H,5-10H2. The van der Waals surface area contributed by atoms with Gasteiger partial charge in [-0.3, -0.25) is 4.79 Å². The van der Waals surface area contributed by atoms with Gasteiger partial charge in [-0.15, -0.1) is 0 Å².